The number of carbonyl (C=O) groups excluding carboxylic acids is 2. The van der Waals surface area contributed by atoms with Crippen LogP contribution < -0.4 is 9.47 Å². The van der Waals surface area contributed by atoms with E-state index in [9.17, 15) is 9.59 Å². The van der Waals surface area contributed by atoms with E-state index in [2.05, 4.69) is 0 Å². The van der Waals surface area contributed by atoms with E-state index in [4.69, 9.17) is 18.9 Å². The van der Waals surface area contributed by atoms with Crippen molar-refractivity contribution in [3.05, 3.63) is 46.6 Å². The van der Waals surface area contributed by atoms with Crippen LogP contribution in [0.2, 0.25) is 0 Å². The van der Waals surface area contributed by atoms with Gasteiger partial charge in [-0.3, -0.25) is 9.59 Å². The minimum atomic E-state index is -0.526. The minimum Gasteiger partial charge on any atom is -0.496 e. The molecule has 2 aliphatic rings. The van der Waals surface area contributed by atoms with E-state index >= 15 is 0 Å². The van der Waals surface area contributed by atoms with Crippen LogP contribution in [-0.4, -0.2) is 51.2 Å². The van der Waals surface area contributed by atoms with Crippen LogP contribution in [0.4, 0.5) is 0 Å². The fraction of sp³-hybridized carbons (Fsp3) is 0.455. The zero-order valence-corrected chi connectivity index (χ0v) is 16.7. The summed E-state index contributed by atoms with van der Waals surface area (Å²) in [6.07, 6.45) is 4.05. The average Bonchev–Trinajstić information content (AvgIpc) is 3.19. The topological polar surface area (TPSA) is 71.1 Å². The zero-order valence-electron chi connectivity index (χ0n) is 16.7. The van der Waals surface area contributed by atoms with Crippen molar-refractivity contribution in [1.29, 1.82) is 0 Å². The maximum absolute atomic E-state index is 13.4. The SMILES string of the molecule is COc1ccc(OC)c2c1C(=O)C=C([C@@H](CC=C(C)C)OC1CCOC1)C2=O. The number of methoxy groups -OCH3 is 2. The predicted octanol–water partition coefficient (Wildman–Crippen LogP) is 3.54. The normalized spacial score (nSPS) is 19.7. The molecule has 28 heavy (non-hydrogen) atoms. The summed E-state index contributed by atoms with van der Waals surface area (Å²) in [7, 11) is 2.95. The van der Waals surface area contributed by atoms with E-state index in [1.807, 2.05) is 19.9 Å². The standard InChI is InChI=1S/C22H26O6/c1-13(2)5-6-17(28-14-9-10-27-12-14)15-11-16(23)20-18(25-3)7-8-19(26-4)21(20)22(15)24/h5,7-8,11,14,17H,6,9-10,12H2,1-4H3/t14?,17-/m1/s1. The number of benzene rings is 1. The second-order valence-corrected chi connectivity index (χ2v) is 7.14. The van der Waals surface area contributed by atoms with E-state index in [1.165, 1.54) is 20.3 Å². The van der Waals surface area contributed by atoms with Gasteiger partial charge in [0.2, 0.25) is 0 Å². The molecular formula is C22H26O6. The first-order valence-electron chi connectivity index (χ1n) is 9.38. The van der Waals surface area contributed by atoms with Crippen LogP contribution in [0.3, 0.4) is 0 Å². The third-order valence-corrected chi connectivity index (χ3v) is 4.92. The van der Waals surface area contributed by atoms with Crippen molar-refractivity contribution < 1.29 is 28.5 Å². The van der Waals surface area contributed by atoms with Gasteiger partial charge in [-0.2, -0.15) is 0 Å². The Morgan fingerprint density at radius 1 is 1.18 bits per heavy atom. The lowest BCUT2D eigenvalue weighted by Gasteiger charge is -2.26. The highest BCUT2D eigenvalue weighted by Crippen LogP contribution is 2.37. The maximum Gasteiger partial charge on any atom is 0.196 e. The van der Waals surface area contributed by atoms with Crippen molar-refractivity contribution in [2.24, 2.45) is 0 Å². The molecule has 0 spiro atoms. The second-order valence-electron chi connectivity index (χ2n) is 7.14. The lowest BCUT2D eigenvalue weighted by Crippen LogP contribution is -2.31. The summed E-state index contributed by atoms with van der Waals surface area (Å²) >= 11 is 0. The van der Waals surface area contributed by atoms with Crippen molar-refractivity contribution >= 4 is 11.6 Å². The van der Waals surface area contributed by atoms with Crippen molar-refractivity contribution in [2.75, 3.05) is 27.4 Å². The lowest BCUT2D eigenvalue weighted by atomic mass is 9.85. The first kappa shape index (κ1) is 20.3. The summed E-state index contributed by atoms with van der Waals surface area (Å²) in [5.74, 6) is 0.158. The molecular weight excluding hydrogens is 360 g/mol. The van der Waals surface area contributed by atoms with Crippen molar-refractivity contribution in [3.63, 3.8) is 0 Å². The highest BCUT2D eigenvalue weighted by molar-refractivity contribution is 6.27. The van der Waals surface area contributed by atoms with Gasteiger partial charge >= 0.3 is 0 Å². The summed E-state index contributed by atoms with van der Waals surface area (Å²) < 4.78 is 22.2. The largest absolute Gasteiger partial charge is 0.496 e. The Morgan fingerprint density at radius 3 is 2.43 bits per heavy atom. The maximum atomic E-state index is 13.4. The van der Waals surface area contributed by atoms with E-state index < -0.39 is 6.10 Å². The van der Waals surface area contributed by atoms with E-state index in [0.29, 0.717) is 36.7 Å². The van der Waals surface area contributed by atoms with Crippen LogP contribution in [0, 0.1) is 0 Å². The highest BCUT2D eigenvalue weighted by atomic mass is 16.6. The van der Waals surface area contributed by atoms with Gasteiger partial charge in [0.15, 0.2) is 11.6 Å². The summed E-state index contributed by atoms with van der Waals surface area (Å²) in [6.45, 7) is 5.11. The van der Waals surface area contributed by atoms with E-state index in [0.717, 1.165) is 12.0 Å². The van der Waals surface area contributed by atoms with E-state index in [1.54, 1.807) is 12.1 Å². The number of carbonyl (C=O) groups is 2. The molecule has 0 saturated carbocycles. The Labute approximate surface area is 165 Å². The van der Waals surface area contributed by atoms with Crippen molar-refractivity contribution in [1.82, 2.24) is 0 Å². The van der Waals surface area contributed by atoms with Crippen LogP contribution in [0.1, 0.15) is 47.4 Å². The quantitative estimate of drug-likeness (QED) is 0.668. The van der Waals surface area contributed by atoms with Gasteiger partial charge in [0.25, 0.3) is 0 Å². The molecule has 2 atom stereocenters. The Kier molecular flexibility index (Phi) is 6.31. The molecule has 1 unspecified atom stereocenters. The van der Waals surface area contributed by atoms with Crippen LogP contribution in [0.15, 0.2) is 35.4 Å². The van der Waals surface area contributed by atoms with Gasteiger partial charge in [0.1, 0.15) is 11.5 Å². The Morgan fingerprint density at radius 2 is 1.86 bits per heavy atom. The molecule has 1 aromatic carbocycles. The van der Waals surface area contributed by atoms with Gasteiger partial charge < -0.3 is 18.9 Å². The number of fused-ring (bicyclic) bond motifs is 1. The van der Waals surface area contributed by atoms with Gasteiger partial charge in [-0.1, -0.05) is 11.6 Å². The van der Waals surface area contributed by atoms with Gasteiger partial charge in [-0.25, -0.2) is 0 Å². The predicted molar refractivity (Wildman–Crippen MR) is 104 cm³/mol. The molecule has 0 amide bonds. The summed E-state index contributed by atoms with van der Waals surface area (Å²) in [5.41, 5.74) is 1.93. The van der Waals surface area contributed by atoms with Gasteiger partial charge in [0.05, 0.1) is 44.2 Å². The third-order valence-electron chi connectivity index (χ3n) is 4.92. The van der Waals surface area contributed by atoms with Crippen LogP contribution >= 0.6 is 0 Å². The third kappa shape index (κ3) is 4.03. The molecule has 1 heterocycles. The monoisotopic (exact) mass is 386 g/mol. The number of Topliss-reactive ketones (excluding diaryl/α,β-unsaturated/α-hetero) is 1. The highest BCUT2D eigenvalue weighted by Gasteiger charge is 2.36. The molecule has 1 aliphatic heterocycles. The Hall–Kier alpha value is -2.44. The van der Waals surface area contributed by atoms with Gasteiger partial charge in [-0.15, -0.1) is 0 Å². The molecule has 0 N–H and O–H groups in total. The smallest absolute Gasteiger partial charge is 0.196 e. The number of ether oxygens (including phenoxy) is 4. The molecule has 1 saturated heterocycles. The average molecular weight is 386 g/mol. The molecule has 150 valence electrons. The van der Waals surface area contributed by atoms with Crippen LogP contribution in [-0.2, 0) is 9.47 Å². The molecule has 1 fully saturated rings. The minimum absolute atomic E-state index is 0.0898. The number of allylic oxidation sites excluding steroid dienone is 2. The van der Waals surface area contributed by atoms with Crippen LogP contribution in [0.25, 0.3) is 0 Å². The molecule has 0 aromatic heterocycles. The molecule has 0 bridgehead atoms. The number of hydrogen-bond acceptors (Lipinski definition) is 6. The number of hydrogen-bond donors (Lipinski definition) is 0. The molecule has 3 rings (SSSR count). The van der Waals surface area contributed by atoms with E-state index in [-0.39, 0.29) is 28.8 Å². The molecule has 6 nitrogen and oxygen atoms in total. The van der Waals surface area contributed by atoms with Crippen molar-refractivity contribution in [2.45, 2.75) is 38.9 Å². The molecule has 0 radical (unpaired) electrons. The van der Waals surface area contributed by atoms with Crippen LogP contribution in [0.5, 0.6) is 11.5 Å². The Bertz CT molecular complexity index is 826. The summed E-state index contributed by atoms with van der Waals surface area (Å²) in [4.78, 5) is 26.3. The number of rotatable bonds is 7. The first-order chi connectivity index (χ1) is 13.5. The fourth-order valence-corrected chi connectivity index (χ4v) is 3.49. The van der Waals surface area contributed by atoms with Crippen molar-refractivity contribution in [3.8, 4) is 11.5 Å². The first-order valence-corrected chi connectivity index (χ1v) is 9.38. The summed E-state index contributed by atoms with van der Waals surface area (Å²) in [5, 5.41) is 0. The summed E-state index contributed by atoms with van der Waals surface area (Å²) in [6, 6.07) is 3.28. The Balaban J connectivity index is 2.02. The molecule has 1 aliphatic carbocycles. The molecule has 6 heteroatoms. The number of ketones is 2. The second kappa shape index (κ2) is 8.71. The van der Waals surface area contributed by atoms with Gasteiger partial charge in [0, 0.05) is 12.2 Å². The molecule has 1 aromatic rings. The fourth-order valence-electron chi connectivity index (χ4n) is 3.49. The zero-order chi connectivity index (χ0) is 20.3. The lowest BCUT2D eigenvalue weighted by molar-refractivity contribution is 0.00329. The van der Waals surface area contributed by atoms with Gasteiger partial charge in [-0.05, 0) is 44.9 Å².